The van der Waals surface area contributed by atoms with Crippen LogP contribution in [-0.2, 0) is 6.42 Å². The van der Waals surface area contributed by atoms with E-state index in [1.807, 2.05) is 12.1 Å². The topological polar surface area (TPSA) is 61.0 Å². The summed E-state index contributed by atoms with van der Waals surface area (Å²) in [5.74, 6) is 1.38. The van der Waals surface area contributed by atoms with Crippen molar-refractivity contribution in [2.75, 3.05) is 12.8 Å². The third-order valence-electron chi connectivity index (χ3n) is 2.65. The van der Waals surface area contributed by atoms with Gasteiger partial charge in [-0.3, -0.25) is 0 Å². The summed E-state index contributed by atoms with van der Waals surface area (Å²) in [7, 11) is 1.68. The van der Waals surface area contributed by atoms with E-state index >= 15 is 0 Å². The molecule has 0 atom stereocenters. The molecule has 88 valence electrons. The zero-order chi connectivity index (χ0) is 12.3. The van der Waals surface area contributed by atoms with Crippen molar-refractivity contribution in [2.45, 2.75) is 13.3 Å². The normalized spacial score (nSPS) is 10.2. The van der Waals surface area contributed by atoms with Crippen LogP contribution in [0.1, 0.15) is 12.5 Å². The number of anilines is 1. The summed E-state index contributed by atoms with van der Waals surface area (Å²) in [5, 5.41) is 0. The summed E-state index contributed by atoms with van der Waals surface area (Å²) in [4.78, 5) is 8.09. The number of aryl methyl sites for hydroxylation is 1. The minimum Gasteiger partial charge on any atom is -0.496 e. The van der Waals surface area contributed by atoms with Gasteiger partial charge in [-0.2, -0.15) is 0 Å². The van der Waals surface area contributed by atoms with Gasteiger partial charge in [-0.15, -0.1) is 0 Å². The Hall–Kier alpha value is -2.10. The Morgan fingerprint density at radius 3 is 2.71 bits per heavy atom. The van der Waals surface area contributed by atoms with Crippen molar-refractivity contribution in [3.8, 4) is 17.0 Å². The average Bonchev–Trinajstić information content (AvgIpc) is 2.38. The second-order valence-electron chi connectivity index (χ2n) is 3.71. The molecule has 0 spiro atoms. The lowest BCUT2D eigenvalue weighted by molar-refractivity contribution is 0.410. The first-order valence-electron chi connectivity index (χ1n) is 5.49. The quantitative estimate of drug-likeness (QED) is 0.877. The molecule has 1 aromatic carbocycles. The summed E-state index contributed by atoms with van der Waals surface area (Å²) in [6.07, 6.45) is 2.39. The first-order valence-corrected chi connectivity index (χ1v) is 5.49. The summed E-state index contributed by atoms with van der Waals surface area (Å²) in [6, 6.07) is 7.76. The average molecular weight is 229 g/mol. The first-order chi connectivity index (χ1) is 8.24. The Bertz CT molecular complexity index is 526. The molecule has 0 saturated heterocycles. The second kappa shape index (κ2) is 4.82. The fourth-order valence-electron chi connectivity index (χ4n) is 1.74. The summed E-state index contributed by atoms with van der Waals surface area (Å²) in [6.45, 7) is 2.09. The molecule has 2 N–H and O–H groups in total. The fourth-order valence-corrected chi connectivity index (χ4v) is 1.74. The first kappa shape index (κ1) is 11.4. The number of nitrogens with two attached hydrogens (primary N) is 1. The molecule has 2 aromatic rings. The van der Waals surface area contributed by atoms with Crippen LogP contribution in [-0.4, -0.2) is 17.1 Å². The molecule has 1 heterocycles. The lowest BCUT2D eigenvalue weighted by atomic mass is 10.1. The molecule has 0 bridgehead atoms. The molecule has 0 saturated carbocycles. The van der Waals surface area contributed by atoms with Crippen LogP contribution in [0.2, 0.25) is 0 Å². The van der Waals surface area contributed by atoms with E-state index < -0.39 is 0 Å². The molecule has 0 aliphatic rings. The Kier molecular flexibility index (Phi) is 3.23. The molecule has 0 unspecified atom stereocenters. The zero-order valence-electron chi connectivity index (χ0n) is 9.97. The maximum Gasteiger partial charge on any atom is 0.127 e. The maximum atomic E-state index is 5.65. The van der Waals surface area contributed by atoms with Crippen LogP contribution < -0.4 is 10.5 Å². The van der Waals surface area contributed by atoms with Crippen molar-refractivity contribution in [3.05, 3.63) is 36.2 Å². The highest BCUT2D eigenvalue weighted by Crippen LogP contribution is 2.26. The van der Waals surface area contributed by atoms with Crippen LogP contribution in [0.15, 0.2) is 30.6 Å². The van der Waals surface area contributed by atoms with E-state index in [1.54, 1.807) is 13.2 Å². The van der Waals surface area contributed by atoms with Gasteiger partial charge in [0, 0.05) is 11.6 Å². The van der Waals surface area contributed by atoms with Gasteiger partial charge in [-0.25, -0.2) is 9.97 Å². The van der Waals surface area contributed by atoms with Gasteiger partial charge >= 0.3 is 0 Å². The van der Waals surface area contributed by atoms with Crippen LogP contribution in [0.25, 0.3) is 11.3 Å². The van der Waals surface area contributed by atoms with Crippen molar-refractivity contribution in [3.63, 3.8) is 0 Å². The van der Waals surface area contributed by atoms with Crippen LogP contribution >= 0.6 is 0 Å². The highest BCUT2D eigenvalue weighted by atomic mass is 16.5. The SMILES string of the molecule is CCc1cc(-c2cc(N)ncn2)ccc1OC. The molecule has 0 aliphatic carbocycles. The highest BCUT2D eigenvalue weighted by molar-refractivity contribution is 5.64. The summed E-state index contributed by atoms with van der Waals surface area (Å²) >= 11 is 0. The predicted molar refractivity (Wildman–Crippen MR) is 67.8 cm³/mol. The number of rotatable bonds is 3. The van der Waals surface area contributed by atoms with Crippen LogP contribution in [0.4, 0.5) is 5.82 Å². The number of benzene rings is 1. The smallest absolute Gasteiger partial charge is 0.127 e. The van der Waals surface area contributed by atoms with E-state index in [-0.39, 0.29) is 0 Å². The van der Waals surface area contributed by atoms with E-state index in [9.17, 15) is 0 Å². The van der Waals surface area contributed by atoms with Crippen LogP contribution in [0.3, 0.4) is 0 Å². The second-order valence-corrected chi connectivity index (χ2v) is 3.71. The van der Waals surface area contributed by atoms with Gasteiger partial charge in [-0.05, 0) is 30.2 Å². The van der Waals surface area contributed by atoms with E-state index in [2.05, 4.69) is 23.0 Å². The maximum absolute atomic E-state index is 5.65. The number of hydrogen-bond acceptors (Lipinski definition) is 4. The van der Waals surface area contributed by atoms with Crippen molar-refractivity contribution in [2.24, 2.45) is 0 Å². The lowest BCUT2D eigenvalue weighted by Crippen LogP contribution is -1.94. The van der Waals surface area contributed by atoms with Gasteiger partial charge in [0.2, 0.25) is 0 Å². The minimum absolute atomic E-state index is 0.476. The fraction of sp³-hybridized carbons (Fsp3) is 0.231. The molecule has 0 fully saturated rings. The molecule has 4 heteroatoms. The van der Waals surface area contributed by atoms with E-state index in [0.717, 1.165) is 29.0 Å². The third-order valence-corrected chi connectivity index (χ3v) is 2.65. The number of methoxy groups -OCH3 is 1. The van der Waals surface area contributed by atoms with Crippen molar-refractivity contribution < 1.29 is 4.74 Å². The van der Waals surface area contributed by atoms with E-state index in [0.29, 0.717) is 5.82 Å². The number of ether oxygens (including phenoxy) is 1. The number of nitrogen functional groups attached to an aromatic ring is 1. The number of aromatic nitrogens is 2. The molecule has 17 heavy (non-hydrogen) atoms. The largest absolute Gasteiger partial charge is 0.496 e. The Morgan fingerprint density at radius 1 is 1.24 bits per heavy atom. The van der Waals surface area contributed by atoms with E-state index in [4.69, 9.17) is 10.5 Å². The van der Waals surface area contributed by atoms with Crippen LogP contribution in [0, 0.1) is 0 Å². The molecular formula is C13H15N3O. The molecule has 4 nitrogen and oxygen atoms in total. The molecule has 1 aromatic heterocycles. The van der Waals surface area contributed by atoms with Gasteiger partial charge in [0.25, 0.3) is 0 Å². The highest BCUT2D eigenvalue weighted by Gasteiger charge is 2.05. The summed E-state index contributed by atoms with van der Waals surface area (Å²) < 4.78 is 5.29. The molecular weight excluding hydrogens is 214 g/mol. The predicted octanol–water partition coefficient (Wildman–Crippen LogP) is 2.30. The zero-order valence-corrected chi connectivity index (χ0v) is 9.97. The summed E-state index contributed by atoms with van der Waals surface area (Å²) in [5.41, 5.74) is 8.65. The van der Waals surface area contributed by atoms with Gasteiger partial charge in [0.05, 0.1) is 12.8 Å². The Morgan fingerprint density at radius 2 is 2.06 bits per heavy atom. The molecule has 2 rings (SSSR count). The minimum atomic E-state index is 0.476. The van der Waals surface area contributed by atoms with Gasteiger partial charge in [-0.1, -0.05) is 6.92 Å². The van der Waals surface area contributed by atoms with Crippen molar-refractivity contribution >= 4 is 5.82 Å². The lowest BCUT2D eigenvalue weighted by Gasteiger charge is -2.09. The standard InChI is InChI=1S/C13H15N3O/c1-3-9-6-10(4-5-12(9)17-2)11-7-13(14)16-8-15-11/h4-8H,3H2,1-2H3,(H2,14,15,16). The Balaban J connectivity index is 2.46. The number of nitrogens with zero attached hydrogens (tertiary/aromatic N) is 2. The molecule has 0 radical (unpaired) electrons. The third kappa shape index (κ3) is 2.36. The monoisotopic (exact) mass is 229 g/mol. The van der Waals surface area contributed by atoms with Crippen molar-refractivity contribution in [1.82, 2.24) is 9.97 Å². The molecule has 0 amide bonds. The van der Waals surface area contributed by atoms with Gasteiger partial charge < -0.3 is 10.5 Å². The number of hydrogen-bond donors (Lipinski definition) is 1. The van der Waals surface area contributed by atoms with Crippen molar-refractivity contribution in [1.29, 1.82) is 0 Å². The van der Waals surface area contributed by atoms with Crippen LogP contribution in [0.5, 0.6) is 5.75 Å². The Labute approximate surface area is 100 Å². The van der Waals surface area contributed by atoms with Gasteiger partial charge in [0.15, 0.2) is 0 Å². The van der Waals surface area contributed by atoms with Gasteiger partial charge in [0.1, 0.15) is 17.9 Å². The van der Waals surface area contributed by atoms with E-state index in [1.165, 1.54) is 6.33 Å². The molecule has 0 aliphatic heterocycles.